The summed E-state index contributed by atoms with van der Waals surface area (Å²) in [6.07, 6.45) is 3.99. The normalized spacial score (nSPS) is 19.9. The van der Waals surface area contributed by atoms with Crippen LogP contribution in [0.4, 0.5) is 4.39 Å². The molecule has 6 heteroatoms. The van der Waals surface area contributed by atoms with Crippen LogP contribution in [0, 0.1) is 5.82 Å². The highest BCUT2D eigenvalue weighted by atomic mass is 32.2. The van der Waals surface area contributed by atoms with Crippen LogP contribution in [0.25, 0.3) is 0 Å². The van der Waals surface area contributed by atoms with Crippen LogP contribution >= 0.6 is 0 Å². The van der Waals surface area contributed by atoms with Crippen LogP contribution in [0.2, 0.25) is 0 Å². The van der Waals surface area contributed by atoms with E-state index in [-0.39, 0.29) is 18.1 Å². The first-order valence-electron chi connectivity index (χ1n) is 7.00. The van der Waals surface area contributed by atoms with Crippen molar-refractivity contribution in [2.24, 2.45) is 0 Å². The molecule has 0 saturated carbocycles. The first-order chi connectivity index (χ1) is 9.55. The molecule has 1 aromatic carbocycles. The third-order valence-corrected chi connectivity index (χ3v) is 4.89. The van der Waals surface area contributed by atoms with Gasteiger partial charge in [-0.2, -0.15) is 0 Å². The molecular formula is C14H21FN2O2S. The van der Waals surface area contributed by atoms with Crippen molar-refractivity contribution in [2.45, 2.75) is 38.3 Å². The quantitative estimate of drug-likeness (QED) is 0.842. The van der Waals surface area contributed by atoms with Crippen molar-refractivity contribution in [1.82, 2.24) is 10.0 Å². The molecule has 0 aliphatic carbocycles. The second-order valence-corrected chi connectivity index (χ2v) is 7.13. The van der Waals surface area contributed by atoms with Crippen LogP contribution in [0.1, 0.15) is 31.2 Å². The molecule has 0 spiro atoms. The van der Waals surface area contributed by atoms with Gasteiger partial charge in [-0.15, -0.1) is 0 Å². The first kappa shape index (κ1) is 15.4. The van der Waals surface area contributed by atoms with Crippen molar-refractivity contribution >= 4 is 10.0 Å². The Hall–Kier alpha value is -0.980. The summed E-state index contributed by atoms with van der Waals surface area (Å²) in [4.78, 5) is 0. The molecule has 1 heterocycles. The second-order valence-electron chi connectivity index (χ2n) is 5.21. The summed E-state index contributed by atoms with van der Waals surface area (Å²) in [6, 6.07) is 6.26. The molecule has 1 aromatic rings. The van der Waals surface area contributed by atoms with Gasteiger partial charge in [0.1, 0.15) is 5.82 Å². The summed E-state index contributed by atoms with van der Waals surface area (Å²) in [5.41, 5.74) is 0.629. The molecule has 0 amide bonds. The summed E-state index contributed by atoms with van der Waals surface area (Å²) in [5, 5.41) is 3.33. The fourth-order valence-electron chi connectivity index (χ4n) is 2.38. The van der Waals surface area contributed by atoms with Crippen LogP contribution in [0.15, 0.2) is 24.3 Å². The zero-order valence-corrected chi connectivity index (χ0v) is 12.3. The molecule has 1 aliphatic rings. The number of hydrogen-bond donors (Lipinski definition) is 2. The maximum Gasteiger partial charge on any atom is 0.211 e. The Morgan fingerprint density at radius 1 is 1.35 bits per heavy atom. The molecule has 1 aliphatic heterocycles. The minimum atomic E-state index is -3.30. The Morgan fingerprint density at radius 2 is 2.20 bits per heavy atom. The van der Waals surface area contributed by atoms with Crippen molar-refractivity contribution in [3.05, 3.63) is 35.6 Å². The van der Waals surface area contributed by atoms with Crippen molar-refractivity contribution in [1.29, 1.82) is 0 Å². The third-order valence-electron chi connectivity index (χ3n) is 3.53. The molecule has 1 atom stereocenters. The predicted molar refractivity (Wildman–Crippen MR) is 77.3 cm³/mol. The standard InChI is InChI=1S/C14H21FN2O2S/c15-13-5-3-4-12(10-13)11-17-20(18,19)9-7-14-6-1-2-8-16-14/h3-5,10,14,16-17H,1-2,6-9,11H2. The molecule has 0 radical (unpaired) electrons. The van der Waals surface area contributed by atoms with E-state index in [1.54, 1.807) is 12.1 Å². The fraction of sp³-hybridized carbons (Fsp3) is 0.571. The van der Waals surface area contributed by atoms with E-state index in [4.69, 9.17) is 0 Å². The Morgan fingerprint density at radius 3 is 2.90 bits per heavy atom. The van der Waals surface area contributed by atoms with Gasteiger partial charge in [-0.1, -0.05) is 18.6 Å². The number of piperidine rings is 1. The average molecular weight is 300 g/mol. The van der Waals surface area contributed by atoms with E-state index in [1.807, 2.05) is 0 Å². The van der Waals surface area contributed by atoms with Gasteiger partial charge in [-0.3, -0.25) is 0 Å². The number of sulfonamides is 1. The van der Waals surface area contributed by atoms with E-state index in [9.17, 15) is 12.8 Å². The molecular weight excluding hydrogens is 279 g/mol. The number of halogens is 1. The zero-order chi connectivity index (χ0) is 14.4. The Bertz CT molecular complexity index is 528. The average Bonchev–Trinajstić information content (AvgIpc) is 2.45. The van der Waals surface area contributed by atoms with E-state index >= 15 is 0 Å². The summed E-state index contributed by atoms with van der Waals surface area (Å²) in [5.74, 6) is -0.243. The van der Waals surface area contributed by atoms with E-state index in [0.29, 0.717) is 18.0 Å². The van der Waals surface area contributed by atoms with Gasteiger partial charge in [0.25, 0.3) is 0 Å². The maximum absolute atomic E-state index is 13.0. The molecule has 0 bridgehead atoms. The van der Waals surface area contributed by atoms with E-state index in [1.165, 1.54) is 18.6 Å². The molecule has 112 valence electrons. The van der Waals surface area contributed by atoms with Crippen LogP contribution < -0.4 is 10.0 Å². The van der Waals surface area contributed by atoms with Gasteiger partial charge in [0.05, 0.1) is 5.75 Å². The lowest BCUT2D eigenvalue weighted by atomic mass is 10.0. The van der Waals surface area contributed by atoms with Gasteiger partial charge in [-0.25, -0.2) is 17.5 Å². The van der Waals surface area contributed by atoms with Crippen LogP contribution in [-0.2, 0) is 16.6 Å². The lowest BCUT2D eigenvalue weighted by Gasteiger charge is -2.23. The van der Waals surface area contributed by atoms with Crippen LogP contribution in [-0.4, -0.2) is 26.8 Å². The van der Waals surface area contributed by atoms with Gasteiger partial charge in [-0.05, 0) is 43.5 Å². The third kappa shape index (κ3) is 5.19. The van der Waals surface area contributed by atoms with Gasteiger partial charge in [0, 0.05) is 12.6 Å². The van der Waals surface area contributed by atoms with Crippen molar-refractivity contribution in [3.8, 4) is 0 Å². The first-order valence-corrected chi connectivity index (χ1v) is 8.65. The summed E-state index contributed by atoms with van der Waals surface area (Å²) in [6.45, 7) is 1.11. The summed E-state index contributed by atoms with van der Waals surface area (Å²) < 4.78 is 39.3. The van der Waals surface area contributed by atoms with Crippen molar-refractivity contribution < 1.29 is 12.8 Å². The summed E-state index contributed by atoms with van der Waals surface area (Å²) >= 11 is 0. The topological polar surface area (TPSA) is 58.2 Å². The highest BCUT2D eigenvalue weighted by Gasteiger charge is 2.17. The van der Waals surface area contributed by atoms with Crippen LogP contribution in [0.3, 0.4) is 0 Å². The Balaban J connectivity index is 1.78. The highest BCUT2D eigenvalue weighted by molar-refractivity contribution is 7.89. The van der Waals surface area contributed by atoms with Crippen molar-refractivity contribution in [2.75, 3.05) is 12.3 Å². The minimum absolute atomic E-state index is 0.111. The summed E-state index contributed by atoms with van der Waals surface area (Å²) in [7, 11) is -3.30. The molecule has 4 nitrogen and oxygen atoms in total. The van der Waals surface area contributed by atoms with Crippen molar-refractivity contribution in [3.63, 3.8) is 0 Å². The van der Waals surface area contributed by atoms with E-state index in [0.717, 1.165) is 19.4 Å². The van der Waals surface area contributed by atoms with Gasteiger partial charge in [0.15, 0.2) is 0 Å². The highest BCUT2D eigenvalue weighted by Crippen LogP contribution is 2.11. The predicted octanol–water partition coefficient (Wildman–Crippen LogP) is 1.78. The molecule has 20 heavy (non-hydrogen) atoms. The van der Waals surface area contributed by atoms with Crippen LogP contribution in [0.5, 0.6) is 0 Å². The number of benzene rings is 1. The number of nitrogens with one attached hydrogen (secondary N) is 2. The number of rotatable bonds is 6. The van der Waals surface area contributed by atoms with Gasteiger partial charge in [0.2, 0.25) is 10.0 Å². The SMILES string of the molecule is O=S(=O)(CCC1CCCCN1)NCc1cccc(F)c1. The Kier molecular flexibility index (Phi) is 5.51. The smallest absolute Gasteiger partial charge is 0.211 e. The molecule has 1 unspecified atom stereocenters. The van der Waals surface area contributed by atoms with Gasteiger partial charge < -0.3 is 5.32 Å². The largest absolute Gasteiger partial charge is 0.314 e. The Labute approximate surface area is 119 Å². The maximum atomic E-state index is 13.0. The lowest BCUT2D eigenvalue weighted by molar-refractivity contribution is 0.392. The van der Waals surface area contributed by atoms with E-state index < -0.39 is 10.0 Å². The number of hydrogen-bond acceptors (Lipinski definition) is 3. The molecule has 1 fully saturated rings. The molecule has 2 N–H and O–H groups in total. The molecule has 1 saturated heterocycles. The zero-order valence-electron chi connectivity index (χ0n) is 11.4. The monoisotopic (exact) mass is 300 g/mol. The van der Waals surface area contributed by atoms with Gasteiger partial charge >= 0.3 is 0 Å². The van der Waals surface area contributed by atoms with E-state index in [2.05, 4.69) is 10.0 Å². The fourth-order valence-corrected chi connectivity index (χ4v) is 3.51. The minimum Gasteiger partial charge on any atom is -0.314 e. The molecule has 0 aromatic heterocycles. The second kappa shape index (κ2) is 7.15. The lowest BCUT2D eigenvalue weighted by Crippen LogP contribution is -2.37. The molecule has 2 rings (SSSR count).